The lowest BCUT2D eigenvalue weighted by Crippen LogP contribution is -2.30. The maximum atomic E-state index is 13.2. The van der Waals surface area contributed by atoms with Gasteiger partial charge in [-0.3, -0.25) is 14.8 Å². The number of aromatic nitrogens is 2. The number of carbonyl (C=O) groups excluding carboxylic acids is 2. The first-order valence-electron chi connectivity index (χ1n) is 13.8. The van der Waals surface area contributed by atoms with Gasteiger partial charge in [-0.2, -0.15) is 0 Å². The molecule has 6 bridgehead atoms. The predicted molar refractivity (Wildman–Crippen MR) is 154 cm³/mol. The number of fused-ring (bicyclic) bond motifs is 7. The molecule has 1 aromatic heterocycles. The van der Waals surface area contributed by atoms with E-state index in [1.54, 1.807) is 11.7 Å². The second kappa shape index (κ2) is 15.5. The van der Waals surface area contributed by atoms with E-state index in [4.69, 9.17) is 14.9 Å². The van der Waals surface area contributed by atoms with E-state index in [0.717, 1.165) is 60.2 Å². The van der Waals surface area contributed by atoms with E-state index >= 15 is 0 Å². The van der Waals surface area contributed by atoms with Crippen molar-refractivity contribution in [3.63, 3.8) is 0 Å². The lowest BCUT2D eigenvalue weighted by atomic mass is 10.1. The lowest BCUT2D eigenvalue weighted by Gasteiger charge is -2.22. The first kappa shape index (κ1) is 28.9. The van der Waals surface area contributed by atoms with Gasteiger partial charge in [0, 0.05) is 43.4 Å². The van der Waals surface area contributed by atoms with Crippen LogP contribution < -0.4 is 10.8 Å². The van der Waals surface area contributed by atoms with Gasteiger partial charge in [-0.1, -0.05) is 61.7 Å². The third-order valence-electron chi connectivity index (χ3n) is 6.68. The summed E-state index contributed by atoms with van der Waals surface area (Å²) in [5.41, 5.74) is 6.40. The standard InChI is InChI=1S/C31H37N5O4/c37-29(35-39)14-4-2-1-3-5-15-30(38)36-18-6-7-19-40-23-25-11-8-12-26(20-25)28-16-17-32-31(34-28)33-27-13-9-10-24(21-27)22-36/h6-13,16-17,20-21,39H,1-5,14-15,18-19,22-23H2,(H,35,37)(H,32,33,34)/b7-6+. The molecule has 0 saturated heterocycles. The van der Waals surface area contributed by atoms with Crippen molar-refractivity contribution < 1.29 is 19.5 Å². The van der Waals surface area contributed by atoms with Gasteiger partial charge in [0.15, 0.2) is 0 Å². The van der Waals surface area contributed by atoms with Crippen molar-refractivity contribution in [2.24, 2.45) is 0 Å². The number of amides is 2. The van der Waals surface area contributed by atoms with Gasteiger partial charge < -0.3 is 15.0 Å². The Morgan fingerprint density at radius 2 is 1.75 bits per heavy atom. The molecule has 2 aromatic carbocycles. The Morgan fingerprint density at radius 3 is 2.62 bits per heavy atom. The van der Waals surface area contributed by atoms with E-state index in [0.29, 0.717) is 45.1 Å². The number of benzene rings is 2. The summed E-state index contributed by atoms with van der Waals surface area (Å²) in [7, 11) is 0. The first-order valence-corrected chi connectivity index (χ1v) is 13.8. The molecule has 2 amide bonds. The molecule has 3 aromatic rings. The largest absolute Gasteiger partial charge is 0.373 e. The van der Waals surface area contributed by atoms with Crippen LogP contribution in [0.2, 0.25) is 0 Å². The van der Waals surface area contributed by atoms with Gasteiger partial charge in [-0.25, -0.2) is 15.4 Å². The molecule has 0 aliphatic carbocycles. The molecule has 0 spiro atoms. The van der Waals surface area contributed by atoms with Crippen molar-refractivity contribution in [2.75, 3.05) is 18.5 Å². The zero-order valence-corrected chi connectivity index (χ0v) is 22.7. The Bertz CT molecular complexity index is 1300. The van der Waals surface area contributed by atoms with Gasteiger partial charge in [-0.15, -0.1) is 0 Å². The molecule has 0 atom stereocenters. The molecule has 0 fully saturated rings. The summed E-state index contributed by atoms with van der Waals surface area (Å²) in [6.07, 6.45) is 10.8. The highest BCUT2D eigenvalue weighted by atomic mass is 16.5. The fourth-order valence-electron chi connectivity index (χ4n) is 4.57. The number of nitrogens with one attached hydrogen (secondary N) is 2. The molecule has 3 N–H and O–H groups in total. The number of ether oxygens (including phenoxy) is 1. The van der Waals surface area contributed by atoms with Crippen molar-refractivity contribution in [1.82, 2.24) is 20.3 Å². The van der Waals surface area contributed by atoms with Gasteiger partial charge in [0.2, 0.25) is 17.8 Å². The Kier molecular flexibility index (Phi) is 11.2. The quantitative estimate of drug-likeness (QED) is 0.148. The number of nitrogens with zero attached hydrogens (tertiary/aromatic N) is 3. The summed E-state index contributed by atoms with van der Waals surface area (Å²) in [6.45, 7) is 1.92. The number of hydroxylamine groups is 1. The zero-order chi connectivity index (χ0) is 28.0. The number of hydrogen-bond donors (Lipinski definition) is 3. The second-order valence-corrected chi connectivity index (χ2v) is 9.85. The monoisotopic (exact) mass is 543 g/mol. The Morgan fingerprint density at radius 1 is 0.950 bits per heavy atom. The summed E-state index contributed by atoms with van der Waals surface area (Å²) in [5.74, 6) is 0.248. The first-order chi connectivity index (χ1) is 19.6. The number of anilines is 2. The van der Waals surface area contributed by atoms with Gasteiger partial charge in [-0.05, 0) is 48.2 Å². The maximum absolute atomic E-state index is 13.2. The number of unbranched alkanes of at least 4 members (excludes halogenated alkanes) is 4. The molecule has 0 saturated carbocycles. The number of rotatable bonds is 8. The van der Waals surface area contributed by atoms with E-state index in [1.807, 2.05) is 65.6 Å². The van der Waals surface area contributed by atoms with Crippen molar-refractivity contribution in [1.29, 1.82) is 0 Å². The predicted octanol–water partition coefficient (Wildman–Crippen LogP) is 5.54. The number of hydrogen-bond acceptors (Lipinski definition) is 7. The van der Waals surface area contributed by atoms with E-state index in [-0.39, 0.29) is 11.8 Å². The van der Waals surface area contributed by atoms with Crippen molar-refractivity contribution in [2.45, 2.75) is 58.1 Å². The molecular formula is C31H37N5O4. The van der Waals surface area contributed by atoms with E-state index < -0.39 is 0 Å². The molecule has 40 heavy (non-hydrogen) atoms. The third kappa shape index (κ3) is 9.29. The molecule has 1 aliphatic rings. The van der Waals surface area contributed by atoms with Crippen LogP contribution in [0.5, 0.6) is 0 Å². The summed E-state index contributed by atoms with van der Waals surface area (Å²) in [5, 5.41) is 11.9. The fraction of sp³-hybridized carbons (Fsp3) is 0.355. The topological polar surface area (TPSA) is 117 Å². The van der Waals surface area contributed by atoms with Crippen LogP contribution in [-0.2, 0) is 27.5 Å². The SMILES string of the molecule is O=C(CCCCCCCC(=O)N1C/C=C/COCc2cccc(c2)-c2ccnc(n2)Nc2cccc(c2)C1)NO. The Labute approximate surface area is 235 Å². The van der Waals surface area contributed by atoms with Crippen molar-refractivity contribution in [3.8, 4) is 11.3 Å². The van der Waals surface area contributed by atoms with Crippen LogP contribution in [-0.4, -0.2) is 45.0 Å². The third-order valence-corrected chi connectivity index (χ3v) is 6.68. The summed E-state index contributed by atoms with van der Waals surface area (Å²) in [4.78, 5) is 35.3. The van der Waals surface area contributed by atoms with Gasteiger partial charge >= 0.3 is 0 Å². The molecule has 1 aliphatic heterocycles. The maximum Gasteiger partial charge on any atom is 0.243 e. The minimum atomic E-state index is -0.359. The highest BCUT2D eigenvalue weighted by Gasteiger charge is 2.14. The minimum Gasteiger partial charge on any atom is -0.373 e. The smallest absolute Gasteiger partial charge is 0.243 e. The van der Waals surface area contributed by atoms with Crippen LogP contribution >= 0.6 is 0 Å². The zero-order valence-electron chi connectivity index (χ0n) is 22.7. The average Bonchev–Trinajstić information content (AvgIpc) is 2.97. The van der Waals surface area contributed by atoms with E-state index in [1.165, 1.54) is 0 Å². The molecule has 210 valence electrons. The van der Waals surface area contributed by atoms with Crippen LogP contribution in [0.1, 0.15) is 56.1 Å². The summed E-state index contributed by atoms with van der Waals surface area (Å²) in [6, 6.07) is 18.0. The molecule has 9 nitrogen and oxygen atoms in total. The van der Waals surface area contributed by atoms with Crippen LogP contribution in [0.4, 0.5) is 11.6 Å². The van der Waals surface area contributed by atoms with Crippen LogP contribution in [0.25, 0.3) is 11.3 Å². The van der Waals surface area contributed by atoms with Crippen LogP contribution in [0.15, 0.2) is 72.9 Å². The van der Waals surface area contributed by atoms with Gasteiger partial charge in [0.1, 0.15) is 0 Å². The molecule has 0 unspecified atom stereocenters. The second-order valence-electron chi connectivity index (χ2n) is 9.85. The summed E-state index contributed by atoms with van der Waals surface area (Å²) < 4.78 is 5.86. The normalized spacial score (nSPS) is 14.4. The van der Waals surface area contributed by atoms with Crippen LogP contribution in [0, 0.1) is 0 Å². The lowest BCUT2D eigenvalue weighted by molar-refractivity contribution is -0.131. The highest BCUT2D eigenvalue weighted by Crippen LogP contribution is 2.22. The molecule has 9 heteroatoms. The van der Waals surface area contributed by atoms with Crippen LogP contribution in [0.3, 0.4) is 0 Å². The molecular weight excluding hydrogens is 506 g/mol. The molecule has 4 rings (SSSR count). The Hall–Kier alpha value is -4.08. The van der Waals surface area contributed by atoms with Crippen molar-refractivity contribution in [3.05, 3.63) is 84.1 Å². The Balaban J connectivity index is 1.42. The molecule has 2 heterocycles. The summed E-state index contributed by atoms with van der Waals surface area (Å²) >= 11 is 0. The van der Waals surface area contributed by atoms with E-state index in [9.17, 15) is 9.59 Å². The fourth-order valence-corrected chi connectivity index (χ4v) is 4.57. The van der Waals surface area contributed by atoms with Gasteiger partial charge in [0.25, 0.3) is 0 Å². The highest BCUT2D eigenvalue weighted by molar-refractivity contribution is 5.76. The average molecular weight is 544 g/mol. The molecule has 0 radical (unpaired) electrons. The van der Waals surface area contributed by atoms with Crippen molar-refractivity contribution >= 4 is 23.5 Å². The number of carbonyl (C=O) groups is 2. The van der Waals surface area contributed by atoms with Gasteiger partial charge in [0.05, 0.1) is 18.9 Å². The minimum absolute atomic E-state index is 0.103. The van der Waals surface area contributed by atoms with E-state index in [2.05, 4.69) is 16.4 Å².